The van der Waals surface area contributed by atoms with E-state index >= 15 is 0 Å². The number of methoxy groups -OCH3 is 1. The molecule has 0 saturated heterocycles. The number of allylic oxidation sites excluding steroid dienone is 3. The molecule has 2 N–H and O–H groups in total. The van der Waals surface area contributed by atoms with Crippen molar-refractivity contribution in [2.24, 2.45) is 11.1 Å². The van der Waals surface area contributed by atoms with Crippen molar-refractivity contribution in [3.8, 4) is 11.8 Å². The number of Topliss-reactive ketones (excluding diaryl/α,β-unsaturated/α-hetero) is 1. The molecule has 0 radical (unpaired) electrons. The Bertz CT molecular complexity index is 1580. The molecule has 2 aliphatic rings. The second-order valence-electron chi connectivity index (χ2n) is 11.8. The van der Waals surface area contributed by atoms with Crippen LogP contribution >= 0.6 is 11.8 Å². The van der Waals surface area contributed by atoms with E-state index in [-0.39, 0.29) is 11.2 Å². The number of nitrogens with two attached hydrogens (primary N) is 1. The minimum Gasteiger partial charge on any atom is -0.497 e. The molecule has 3 aromatic rings. The van der Waals surface area contributed by atoms with E-state index in [0.717, 1.165) is 45.3 Å². The summed E-state index contributed by atoms with van der Waals surface area (Å²) in [6.45, 7) is 8.44. The smallest absolute Gasteiger partial charge is 0.162 e. The summed E-state index contributed by atoms with van der Waals surface area (Å²) >= 11 is 1.87. The number of ketones is 1. The number of thioether (sulfide) groups is 1. The van der Waals surface area contributed by atoms with Crippen molar-refractivity contribution in [2.75, 3.05) is 12.0 Å². The van der Waals surface area contributed by atoms with Crippen LogP contribution < -0.4 is 15.4 Å². The SMILES string of the molecule is COc1ccc(N2C(N)=C(C#N)C(c3cc(C)cc(CSCc4ccccc4)c3C)C3=C2CC(C)(C)CC3=O)cc1. The zero-order valence-electron chi connectivity index (χ0n) is 24.5. The first-order valence-corrected chi connectivity index (χ1v) is 15.1. The summed E-state index contributed by atoms with van der Waals surface area (Å²) in [5.74, 6) is 2.46. The van der Waals surface area contributed by atoms with Crippen LogP contribution in [0.4, 0.5) is 5.69 Å². The Labute approximate surface area is 247 Å². The van der Waals surface area contributed by atoms with Crippen LogP contribution in [-0.4, -0.2) is 12.9 Å². The van der Waals surface area contributed by atoms with Gasteiger partial charge in [-0.2, -0.15) is 17.0 Å². The molecule has 1 aliphatic heterocycles. The van der Waals surface area contributed by atoms with Gasteiger partial charge in [-0.15, -0.1) is 0 Å². The molecule has 210 valence electrons. The van der Waals surface area contributed by atoms with Crippen LogP contribution in [0.1, 0.15) is 60.4 Å². The fourth-order valence-corrected chi connectivity index (χ4v) is 7.16. The summed E-state index contributed by atoms with van der Waals surface area (Å²) < 4.78 is 5.36. The first-order valence-electron chi connectivity index (χ1n) is 14.0. The Morgan fingerprint density at radius 1 is 1.05 bits per heavy atom. The summed E-state index contributed by atoms with van der Waals surface area (Å²) in [6, 6.07) is 24.9. The summed E-state index contributed by atoms with van der Waals surface area (Å²) in [4.78, 5) is 15.9. The van der Waals surface area contributed by atoms with Gasteiger partial charge in [0.05, 0.1) is 24.7 Å². The number of rotatable bonds is 7. The number of benzene rings is 3. The van der Waals surface area contributed by atoms with Crippen LogP contribution in [0.5, 0.6) is 5.75 Å². The molecule has 5 rings (SSSR count). The lowest BCUT2D eigenvalue weighted by molar-refractivity contribution is -0.118. The quantitative estimate of drug-likeness (QED) is 0.318. The van der Waals surface area contributed by atoms with Crippen molar-refractivity contribution >= 4 is 23.2 Å². The maximum Gasteiger partial charge on any atom is 0.162 e. The molecule has 1 atom stereocenters. The molecule has 6 heteroatoms. The fourth-order valence-electron chi connectivity index (χ4n) is 6.11. The predicted molar refractivity (Wildman–Crippen MR) is 167 cm³/mol. The molecule has 3 aromatic carbocycles. The molecule has 1 heterocycles. The van der Waals surface area contributed by atoms with Gasteiger partial charge in [-0.1, -0.05) is 61.9 Å². The van der Waals surface area contributed by atoms with Gasteiger partial charge in [0.15, 0.2) is 5.78 Å². The van der Waals surface area contributed by atoms with E-state index < -0.39 is 5.92 Å². The van der Waals surface area contributed by atoms with E-state index in [9.17, 15) is 10.1 Å². The highest BCUT2D eigenvalue weighted by Gasteiger charge is 2.45. The topological polar surface area (TPSA) is 79.3 Å². The van der Waals surface area contributed by atoms with Gasteiger partial charge in [0.25, 0.3) is 0 Å². The summed E-state index contributed by atoms with van der Waals surface area (Å²) in [5, 5.41) is 10.5. The van der Waals surface area contributed by atoms with E-state index in [2.05, 4.69) is 70.2 Å². The lowest BCUT2D eigenvalue weighted by Gasteiger charge is -2.44. The molecule has 0 aromatic heterocycles. The van der Waals surface area contributed by atoms with E-state index in [1.54, 1.807) is 7.11 Å². The van der Waals surface area contributed by atoms with Gasteiger partial charge in [-0.25, -0.2) is 0 Å². The van der Waals surface area contributed by atoms with Crippen LogP contribution in [0.15, 0.2) is 89.4 Å². The maximum absolute atomic E-state index is 14.0. The monoisotopic (exact) mass is 563 g/mol. The number of hydrogen-bond acceptors (Lipinski definition) is 6. The van der Waals surface area contributed by atoms with E-state index in [0.29, 0.717) is 29.8 Å². The van der Waals surface area contributed by atoms with E-state index in [4.69, 9.17) is 10.5 Å². The second kappa shape index (κ2) is 11.5. The zero-order chi connectivity index (χ0) is 29.3. The number of ether oxygens (including phenoxy) is 1. The number of anilines is 1. The molecular formula is C35H37N3O2S. The highest BCUT2D eigenvalue weighted by atomic mass is 32.2. The van der Waals surface area contributed by atoms with Crippen LogP contribution in [0, 0.1) is 30.6 Å². The first kappa shape index (κ1) is 28.6. The number of hydrogen-bond donors (Lipinski definition) is 1. The Balaban J connectivity index is 1.62. The summed E-state index contributed by atoms with van der Waals surface area (Å²) in [6.07, 6.45) is 1.11. The maximum atomic E-state index is 14.0. The normalized spacial score (nSPS) is 18.3. The summed E-state index contributed by atoms with van der Waals surface area (Å²) in [5.41, 5.74) is 15.2. The highest BCUT2D eigenvalue weighted by Crippen LogP contribution is 2.51. The number of nitriles is 1. The predicted octanol–water partition coefficient (Wildman–Crippen LogP) is 7.69. The van der Waals surface area contributed by atoms with Crippen LogP contribution in [0.2, 0.25) is 0 Å². The standard InChI is InChI=1S/C35H37N3O2S/c1-22-15-25(21-41-20-24-9-7-6-8-10-24)23(2)28(16-22)32-29(19-36)34(37)38(26-11-13-27(40-5)14-12-26)30-17-35(3,4)18-31(39)33(30)32/h6-16,32H,17-18,20-21,37H2,1-5H3. The molecular weight excluding hydrogens is 526 g/mol. The van der Waals surface area contributed by atoms with Gasteiger partial charge >= 0.3 is 0 Å². The average Bonchev–Trinajstić information content (AvgIpc) is 2.94. The number of aryl methyl sites for hydroxylation is 1. The van der Waals surface area contributed by atoms with Crippen molar-refractivity contribution < 1.29 is 9.53 Å². The zero-order valence-corrected chi connectivity index (χ0v) is 25.3. The van der Waals surface area contributed by atoms with E-state index in [1.165, 1.54) is 11.1 Å². The number of carbonyl (C=O) groups is 1. The van der Waals surface area contributed by atoms with Gasteiger partial charge in [0, 0.05) is 34.9 Å². The van der Waals surface area contributed by atoms with E-state index in [1.807, 2.05) is 47.0 Å². The number of carbonyl (C=O) groups excluding carboxylic acids is 1. The molecule has 0 spiro atoms. The Morgan fingerprint density at radius 3 is 2.41 bits per heavy atom. The molecule has 0 bridgehead atoms. The largest absolute Gasteiger partial charge is 0.497 e. The third kappa shape index (κ3) is 5.64. The molecule has 0 amide bonds. The van der Waals surface area contributed by atoms with Crippen LogP contribution in [0.3, 0.4) is 0 Å². The average molecular weight is 564 g/mol. The van der Waals surface area contributed by atoms with Crippen molar-refractivity contribution in [3.05, 3.63) is 117 Å². The molecule has 0 saturated carbocycles. The molecule has 0 fully saturated rings. The van der Waals surface area contributed by atoms with Gasteiger partial charge in [0.1, 0.15) is 11.6 Å². The lowest BCUT2D eigenvalue weighted by atomic mass is 9.68. The lowest BCUT2D eigenvalue weighted by Crippen LogP contribution is -2.42. The molecule has 1 unspecified atom stereocenters. The van der Waals surface area contributed by atoms with Crippen molar-refractivity contribution in [1.29, 1.82) is 5.26 Å². The van der Waals surface area contributed by atoms with Crippen LogP contribution in [0.25, 0.3) is 0 Å². The van der Waals surface area contributed by atoms with Crippen LogP contribution in [-0.2, 0) is 16.3 Å². The van der Waals surface area contributed by atoms with Gasteiger partial charge in [0.2, 0.25) is 0 Å². The second-order valence-corrected chi connectivity index (χ2v) is 12.8. The Kier molecular flexibility index (Phi) is 8.02. The van der Waals surface area contributed by atoms with Crippen molar-refractivity contribution in [1.82, 2.24) is 0 Å². The first-order chi connectivity index (χ1) is 19.6. The number of nitrogens with zero attached hydrogens (tertiary/aromatic N) is 2. The third-order valence-corrected chi connectivity index (χ3v) is 9.14. The molecule has 5 nitrogen and oxygen atoms in total. The van der Waals surface area contributed by atoms with Gasteiger partial charge in [-0.3, -0.25) is 9.69 Å². The van der Waals surface area contributed by atoms with Crippen molar-refractivity contribution in [3.63, 3.8) is 0 Å². The molecule has 41 heavy (non-hydrogen) atoms. The van der Waals surface area contributed by atoms with Gasteiger partial charge < -0.3 is 10.5 Å². The Morgan fingerprint density at radius 2 is 1.76 bits per heavy atom. The minimum absolute atomic E-state index is 0.0842. The Hall–Kier alpha value is -3.95. The highest BCUT2D eigenvalue weighted by molar-refractivity contribution is 7.97. The minimum atomic E-state index is -0.495. The third-order valence-electron chi connectivity index (χ3n) is 8.09. The molecule has 1 aliphatic carbocycles. The van der Waals surface area contributed by atoms with Gasteiger partial charge in [-0.05, 0) is 72.2 Å². The summed E-state index contributed by atoms with van der Waals surface area (Å²) in [7, 11) is 1.63. The fraction of sp³-hybridized carbons (Fsp3) is 0.314. The van der Waals surface area contributed by atoms with Crippen molar-refractivity contribution in [2.45, 2.75) is 58.0 Å².